The molecule has 1 N–H and O–H groups in total. The molecule has 0 atom stereocenters. The average Bonchev–Trinajstić information content (AvgIpc) is 3.31. The lowest BCUT2D eigenvalue weighted by molar-refractivity contribution is -0.143. The van der Waals surface area contributed by atoms with Crippen LogP contribution in [0.2, 0.25) is 0 Å². The first kappa shape index (κ1) is 23.1. The van der Waals surface area contributed by atoms with Gasteiger partial charge in [-0.2, -0.15) is 0 Å². The predicted octanol–water partition coefficient (Wildman–Crippen LogP) is 4.35. The molecule has 1 aromatic heterocycles. The molecular weight excluding hydrogens is 426 g/mol. The first-order valence-electron chi connectivity index (χ1n) is 10.1. The molecule has 0 unspecified atom stereocenters. The second kappa shape index (κ2) is 11.7. The molecule has 166 valence electrons. The second-order valence-electron chi connectivity index (χ2n) is 6.80. The van der Waals surface area contributed by atoms with E-state index in [1.807, 2.05) is 60.7 Å². The van der Waals surface area contributed by atoms with E-state index in [2.05, 4.69) is 5.32 Å². The Morgan fingerprint density at radius 3 is 2.50 bits per heavy atom. The van der Waals surface area contributed by atoms with Crippen molar-refractivity contribution in [2.45, 2.75) is 6.42 Å². The summed E-state index contributed by atoms with van der Waals surface area (Å²) in [4.78, 5) is 25.9. The number of carbonyl (C=O) groups excluding carboxylic acids is 2. The summed E-state index contributed by atoms with van der Waals surface area (Å²) in [5, 5.41) is 2.74. The van der Waals surface area contributed by atoms with Gasteiger partial charge in [0.2, 0.25) is 0 Å². The first-order chi connectivity index (χ1) is 15.6. The zero-order valence-corrected chi connectivity index (χ0v) is 18.8. The molecule has 3 rings (SSSR count). The predicted molar refractivity (Wildman–Crippen MR) is 126 cm³/mol. The summed E-state index contributed by atoms with van der Waals surface area (Å²) in [7, 11) is 3.16. The number of amides is 1. The van der Waals surface area contributed by atoms with Crippen molar-refractivity contribution >= 4 is 29.3 Å². The lowest BCUT2D eigenvalue weighted by Crippen LogP contribution is -2.30. The minimum Gasteiger partial charge on any atom is -0.493 e. The van der Waals surface area contributed by atoms with Crippen LogP contribution >= 0.6 is 11.3 Å². The summed E-state index contributed by atoms with van der Waals surface area (Å²) in [5.41, 5.74) is 2.12. The van der Waals surface area contributed by atoms with Gasteiger partial charge in [-0.25, -0.2) is 4.79 Å². The lowest BCUT2D eigenvalue weighted by atomic mass is 10.1. The highest BCUT2D eigenvalue weighted by Crippen LogP contribution is 2.29. The van der Waals surface area contributed by atoms with E-state index >= 15 is 0 Å². The van der Waals surface area contributed by atoms with Crippen LogP contribution in [0.4, 0.5) is 0 Å². The van der Waals surface area contributed by atoms with Crippen molar-refractivity contribution in [1.29, 1.82) is 0 Å². The average molecular weight is 452 g/mol. The van der Waals surface area contributed by atoms with Crippen molar-refractivity contribution in [3.63, 3.8) is 0 Å². The van der Waals surface area contributed by atoms with Crippen molar-refractivity contribution in [3.8, 4) is 21.9 Å². The Bertz CT molecular complexity index is 1070. The van der Waals surface area contributed by atoms with Gasteiger partial charge in [0.15, 0.2) is 18.1 Å². The van der Waals surface area contributed by atoms with E-state index in [1.54, 1.807) is 31.6 Å². The molecule has 1 heterocycles. The van der Waals surface area contributed by atoms with Crippen LogP contribution in [0, 0.1) is 0 Å². The van der Waals surface area contributed by atoms with Crippen LogP contribution in [0.15, 0.2) is 66.7 Å². The molecular formula is C25H25NO5S. The third kappa shape index (κ3) is 6.72. The third-order valence-corrected chi connectivity index (χ3v) is 5.70. The van der Waals surface area contributed by atoms with E-state index in [0.717, 1.165) is 20.9 Å². The lowest BCUT2D eigenvalue weighted by Gasteiger charge is -2.10. The molecule has 0 aliphatic heterocycles. The molecule has 6 nitrogen and oxygen atoms in total. The standard InChI is InChI=1S/C25H25NO5S/c1-29-21-11-8-18(16-22(21)30-2)14-15-26-24(27)17-31-25(28)13-10-20-9-12-23(32-20)19-6-4-3-5-7-19/h3-13,16H,14-15,17H2,1-2H3,(H,26,27)/b13-10+. The number of methoxy groups -OCH3 is 2. The Morgan fingerprint density at radius 1 is 0.969 bits per heavy atom. The van der Waals surface area contributed by atoms with Crippen LogP contribution in [-0.4, -0.2) is 39.2 Å². The van der Waals surface area contributed by atoms with Crippen LogP contribution < -0.4 is 14.8 Å². The van der Waals surface area contributed by atoms with Gasteiger partial charge < -0.3 is 19.5 Å². The molecule has 0 aliphatic carbocycles. The van der Waals surface area contributed by atoms with Gasteiger partial charge in [-0.3, -0.25) is 4.79 Å². The Labute approximate surface area is 191 Å². The Morgan fingerprint density at radius 2 is 1.75 bits per heavy atom. The van der Waals surface area contributed by atoms with Gasteiger partial charge in [0.05, 0.1) is 14.2 Å². The van der Waals surface area contributed by atoms with Crippen LogP contribution in [0.3, 0.4) is 0 Å². The second-order valence-corrected chi connectivity index (χ2v) is 7.91. The van der Waals surface area contributed by atoms with Gasteiger partial charge in [0, 0.05) is 22.4 Å². The molecule has 0 aliphatic rings. The van der Waals surface area contributed by atoms with Crippen molar-refractivity contribution in [2.75, 3.05) is 27.4 Å². The van der Waals surface area contributed by atoms with Gasteiger partial charge >= 0.3 is 5.97 Å². The fourth-order valence-corrected chi connectivity index (χ4v) is 3.88. The minimum absolute atomic E-state index is 0.325. The van der Waals surface area contributed by atoms with E-state index in [4.69, 9.17) is 14.2 Å². The zero-order valence-electron chi connectivity index (χ0n) is 18.0. The first-order valence-corrected chi connectivity index (χ1v) is 10.9. The molecule has 1 amide bonds. The van der Waals surface area contributed by atoms with Gasteiger partial charge in [-0.1, -0.05) is 36.4 Å². The number of ether oxygens (including phenoxy) is 3. The van der Waals surface area contributed by atoms with Crippen LogP contribution in [-0.2, 0) is 20.7 Å². The molecule has 3 aromatic rings. The normalized spacial score (nSPS) is 10.7. The summed E-state index contributed by atoms with van der Waals surface area (Å²) in [6.45, 7) is 0.0912. The molecule has 2 aromatic carbocycles. The Kier molecular flexibility index (Phi) is 8.45. The maximum absolute atomic E-state index is 11.9. The van der Waals surface area contributed by atoms with Crippen molar-refractivity contribution in [2.24, 2.45) is 0 Å². The van der Waals surface area contributed by atoms with E-state index in [1.165, 1.54) is 6.08 Å². The number of carbonyl (C=O) groups is 2. The molecule has 32 heavy (non-hydrogen) atoms. The summed E-state index contributed by atoms with van der Waals surface area (Å²) in [6.07, 6.45) is 3.63. The maximum atomic E-state index is 11.9. The van der Waals surface area contributed by atoms with Crippen LogP contribution in [0.25, 0.3) is 16.5 Å². The summed E-state index contributed by atoms with van der Waals surface area (Å²) < 4.78 is 15.5. The molecule has 0 bridgehead atoms. The SMILES string of the molecule is COc1ccc(CCNC(=O)COC(=O)/C=C/c2ccc(-c3ccccc3)s2)cc1OC. The molecule has 0 radical (unpaired) electrons. The number of benzene rings is 2. The van der Waals surface area contributed by atoms with Gasteiger partial charge in [0.25, 0.3) is 5.91 Å². The van der Waals surface area contributed by atoms with Crippen LogP contribution in [0.1, 0.15) is 10.4 Å². The van der Waals surface area contributed by atoms with Gasteiger partial charge in [0.1, 0.15) is 0 Å². The number of thiophene rings is 1. The molecule has 0 spiro atoms. The van der Waals surface area contributed by atoms with Gasteiger partial charge in [-0.15, -0.1) is 11.3 Å². The largest absolute Gasteiger partial charge is 0.493 e. The summed E-state index contributed by atoms with van der Waals surface area (Å²) >= 11 is 1.58. The zero-order chi connectivity index (χ0) is 22.8. The van der Waals surface area contributed by atoms with E-state index < -0.39 is 5.97 Å². The van der Waals surface area contributed by atoms with Crippen molar-refractivity contribution in [1.82, 2.24) is 5.32 Å². The highest BCUT2D eigenvalue weighted by atomic mass is 32.1. The third-order valence-electron chi connectivity index (χ3n) is 4.60. The van der Waals surface area contributed by atoms with Crippen molar-refractivity contribution in [3.05, 3.63) is 77.2 Å². The highest BCUT2D eigenvalue weighted by molar-refractivity contribution is 7.16. The van der Waals surface area contributed by atoms with E-state index in [9.17, 15) is 9.59 Å². The summed E-state index contributed by atoms with van der Waals surface area (Å²) in [5.74, 6) is 0.377. The number of nitrogens with one attached hydrogen (secondary N) is 1. The fraction of sp³-hybridized carbons (Fsp3) is 0.200. The van der Waals surface area contributed by atoms with E-state index in [0.29, 0.717) is 24.5 Å². The molecule has 0 fully saturated rings. The fourth-order valence-electron chi connectivity index (χ4n) is 2.97. The quantitative estimate of drug-likeness (QED) is 0.367. The van der Waals surface area contributed by atoms with E-state index in [-0.39, 0.29) is 12.5 Å². The Balaban J connectivity index is 1.39. The van der Waals surface area contributed by atoms with Crippen LogP contribution in [0.5, 0.6) is 11.5 Å². The van der Waals surface area contributed by atoms with Gasteiger partial charge in [-0.05, 0) is 47.9 Å². The summed E-state index contributed by atoms with van der Waals surface area (Å²) in [6, 6.07) is 19.6. The minimum atomic E-state index is -0.560. The highest BCUT2D eigenvalue weighted by Gasteiger charge is 2.07. The molecule has 7 heteroatoms. The monoisotopic (exact) mass is 451 g/mol. The number of hydrogen-bond acceptors (Lipinski definition) is 6. The molecule has 0 saturated heterocycles. The smallest absolute Gasteiger partial charge is 0.331 e. The number of esters is 1. The number of rotatable bonds is 10. The number of hydrogen-bond donors (Lipinski definition) is 1. The Hall–Kier alpha value is -3.58. The topological polar surface area (TPSA) is 73.9 Å². The van der Waals surface area contributed by atoms with Crippen molar-refractivity contribution < 1.29 is 23.8 Å². The molecule has 0 saturated carbocycles. The maximum Gasteiger partial charge on any atom is 0.331 e.